The first-order valence-corrected chi connectivity index (χ1v) is 11.6. The number of nitrogens with zero attached hydrogens (tertiary/aromatic N) is 4. The first-order valence-electron chi connectivity index (χ1n) is 11.6. The number of hydrogen-bond donors (Lipinski definition) is 0. The van der Waals surface area contributed by atoms with Gasteiger partial charge in [0.1, 0.15) is 17.4 Å². The van der Waals surface area contributed by atoms with Gasteiger partial charge in [-0.1, -0.05) is 31.2 Å². The first kappa shape index (κ1) is 24.9. The van der Waals surface area contributed by atoms with Gasteiger partial charge in [-0.15, -0.1) is 12.4 Å². The third-order valence-electron chi connectivity index (χ3n) is 6.40. The van der Waals surface area contributed by atoms with Crippen LogP contribution in [0.2, 0.25) is 0 Å². The van der Waals surface area contributed by atoms with Crippen LogP contribution in [0.4, 0.5) is 10.2 Å². The molecule has 0 unspecified atom stereocenters. The number of hydrogen-bond acceptors (Lipinski definition) is 5. The Morgan fingerprint density at radius 1 is 1.14 bits per heavy atom. The van der Waals surface area contributed by atoms with Crippen LogP contribution < -0.4 is 9.64 Å². The van der Waals surface area contributed by atoms with Gasteiger partial charge in [-0.3, -0.25) is 0 Å². The zero-order valence-electron chi connectivity index (χ0n) is 20.5. The van der Waals surface area contributed by atoms with Gasteiger partial charge in [-0.2, -0.15) is 9.61 Å². The molecule has 3 heterocycles. The fourth-order valence-electron chi connectivity index (χ4n) is 4.78. The minimum absolute atomic E-state index is 0. The molecule has 0 N–H and O–H groups in total. The monoisotopic (exact) mass is 496 g/mol. The van der Waals surface area contributed by atoms with E-state index in [1.807, 2.05) is 35.7 Å². The maximum atomic E-state index is 14.6. The molecule has 1 aliphatic rings. The maximum absolute atomic E-state index is 14.6. The minimum atomic E-state index is -0.201. The van der Waals surface area contributed by atoms with Crippen LogP contribution in [0.15, 0.2) is 42.5 Å². The number of halogens is 2. The van der Waals surface area contributed by atoms with E-state index in [2.05, 4.69) is 24.8 Å². The van der Waals surface area contributed by atoms with Crippen molar-refractivity contribution in [2.24, 2.45) is 0 Å². The van der Waals surface area contributed by atoms with Crippen LogP contribution in [0.5, 0.6) is 5.75 Å². The number of rotatable bonds is 7. The lowest BCUT2D eigenvalue weighted by atomic mass is 10.0. The van der Waals surface area contributed by atoms with Crippen molar-refractivity contribution in [2.45, 2.75) is 47.0 Å². The Bertz CT molecular complexity index is 1370. The molecule has 0 saturated carbocycles. The number of anilines is 1. The number of fused-ring (bicyclic) bond motifs is 2. The summed E-state index contributed by atoms with van der Waals surface area (Å²) in [6.07, 6.45) is 0.915. The Hall–Kier alpha value is -3.16. The lowest BCUT2D eigenvalue weighted by molar-refractivity contribution is 0.133. The van der Waals surface area contributed by atoms with E-state index in [0.717, 1.165) is 63.8 Å². The van der Waals surface area contributed by atoms with Gasteiger partial charge >= 0.3 is 0 Å². The van der Waals surface area contributed by atoms with Crippen molar-refractivity contribution in [3.05, 3.63) is 76.4 Å². The van der Waals surface area contributed by atoms with Crippen LogP contribution in [-0.2, 0) is 24.5 Å². The summed E-state index contributed by atoms with van der Waals surface area (Å²) in [5.41, 5.74) is 7.45. The van der Waals surface area contributed by atoms with E-state index in [0.29, 0.717) is 25.3 Å². The molecule has 2 aromatic carbocycles. The largest absolute Gasteiger partial charge is 0.497 e. The second kappa shape index (κ2) is 10.2. The molecular formula is C27H30ClFN4O2. The van der Waals surface area contributed by atoms with Gasteiger partial charge in [-0.05, 0) is 49.6 Å². The van der Waals surface area contributed by atoms with E-state index in [9.17, 15) is 4.39 Å². The van der Waals surface area contributed by atoms with Crippen molar-refractivity contribution in [2.75, 3.05) is 18.6 Å². The van der Waals surface area contributed by atoms with Crippen LogP contribution in [0.3, 0.4) is 0 Å². The summed E-state index contributed by atoms with van der Waals surface area (Å²) >= 11 is 0. The fraction of sp³-hybridized carbons (Fsp3) is 0.333. The third-order valence-corrected chi connectivity index (χ3v) is 6.40. The van der Waals surface area contributed by atoms with Crippen LogP contribution in [0.1, 0.15) is 41.4 Å². The van der Waals surface area contributed by atoms with Gasteiger partial charge in [0.15, 0.2) is 5.65 Å². The molecular weight excluding hydrogens is 467 g/mol. The Labute approximate surface area is 211 Å². The van der Waals surface area contributed by atoms with E-state index in [4.69, 9.17) is 19.6 Å². The second-order valence-electron chi connectivity index (χ2n) is 8.74. The number of aryl methyl sites for hydroxylation is 2. The quantitative estimate of drug-likeness (QED) is 0.312. The van der Waals surface area contributed by atoms with Crippen molar-refractivity contribution in [1.29, 1.82) is 0 Å². The number of methoxy groups -OCH3 is 1. The molecule has 184 valence electrons. The molecule has 0 bridgehead atoms. The zero-order chi connectivity index (χ0) is 23.8. The molecule has 0 aliphatic carbocycles. The number of aromatic nitrogens is 3. The summed E-state index contributed by atoms with van der Waals surface area (Å²) < 4.78 is 27.7. The fourth-order valence-corrected chi connectivity index (χ4v) is 4.78. The van der Waals surface area contributed by atoms with Crippen molar-refractivity contribution in [3.63, 3.8) is 0 Å². The molecule has 5 rings (SSSR count). The molecule has 8 heteroatoms. The predicted octanol–water partition coefficient (Wildman–Crippen LogP) is 6.03. The molecule has 35 heavy (non-hydrogen) atoms. The molecule has 1 aliphatic heterocycles. The summed E-state index contributed by atoms with van der Waals surface area (Å²) in [5.74, 6) is 1.55. The van der Waals surface area contributed by atoms with Gasteiger partial charge in [-0.25, -0.2) is 9.37 Å². The van der Waals surface area contributed by atoms with E-state index in [1.165, 1.54) is 6.07 Å². The highest BCUT2D eigenvalue weighted by molar-refractivity contribution is 5.85. The Balaban J connectivity index is 0.00000289. The number of ether oxygens (including phenoxy) is 2. The van der Waals surface area contributed by atoms with Crippen LogP contribution in [0.25, 0.3) is 16.8 Å². The minimum Gasteiger partial charge on any atom is -0.497 e. The van der Waals surface area contributed by atoms with E-state index in [1.54, 1.807) is 13.2 Å². The molecule has 0 atom stereocenters. The number of benzene rings is 2. The summed E-state index contributed by atoms with van der Waals surface area (Å²) in [7, 11) is 1.67. The topological polar surface area (TPSA) is 51.9 Å². The van der Waals surface area contributed by atoms with E-state index < -0.39 is 0 Å². The standard InChI is InChI=1S/C27H29FN4O2.ClH/c1-5-12-31(14-19-8-6-7-9-23(19)28)27-22-15-34-16-24(22)29-26-25(18(3)30-32(26)27)21-11-10-20(33-4)13-17(21)2;/h6-11,13H,5,12,14-16H2,1-4H3;1H. The summed E-state index contributed by atoms with van der Waals surface area (Å²) in [4.78, 5) is 7.21. The first-order chi connectivity index (χ1) is 16.5. The SMILES string of the molecule is CCCN(Cc1ccccc1F)c1c2c(nc3c(-c4ccc(OC)cc4C)c(C)nn13)COC2.Cl. The lowest BCUT2D eigenvalue weighted by Crippen LogP contribution is -2.28. The summed E-state index contributed by atoms with van der Waals surface area (Å²) in [6.45, 7) is 8.35. The normalized spacial score (nSPS) is 12.5. The predicted molar refractivity (Wildman–Crippen MR) is 138 cm³/mol. The summed E-state index contributed by atoms with van der Waals surface area (Å²) in [5, 5.41) is 4.95. The Morgan fingerprint density at radius 2 is 1.94 bits per heavy atom. The smallest absolute Gasteiger partial charge is 0.165 e. The van der Waals surface area contributed by atoms with Crippen LogP contribution >= 0.6 is 12.4 Å². The maximum Gasteiger partial charge on any atom is 0.165 e. The molecule has 0 saturated heterocycles. The van der Waals surface area contributed by atoms with E-state index in [-0.39, 0.29) is 18.2 Å². The van der Waals surface area contributed by atoms with Gasteiger partial charge in [0.05, 0.1) is 31.7 Å². The van der Waals surface area contributed by atoms with Gasteiger partial charge in [0.25, 0.3) is 0 Å². The average Bonchev–Trinajstić information content (AvgIpc) is 3.42. The molecule has 4 aromatic rings. The second-order valence-corrected chi connectivity index (χ2v) is 8.74. The Kier molecular flexibility index (Phi) is 7.28. The van der Waals surface area contributed by atoms with Crippen LogP contribution in [-0.4, -0.2) is 28.3 Å². The molecule has 0 radical (unpaired) electrons. The van der Waals surface area contributed by atoms with Gasteiger partial charge in [0.2, 0.25) is 0 Å². The molecule has 0 fully saturated rings. The van der Waals surface area contributed by atoms with Crippen molar-refractivity contribution >= 4 is 23.9 Å². The van der Waals surface area contributed by atoms with Crippen molar-refractivity contribution in [3.8, 4) is 16.9 Å². The molecule has 0 amide bonds. The van der Waals surface area contributed by atoms with Crippen LogP contribution in [0, 0.1) is 19.7 Å². The van der Waals surface area contributed by atoms with Gasteiger partial charge < -0.3 is 14.4 Å². The third kappa shape index (κ3) is 4.46. The van der Waals surface area contributed by atoms with E-state index >= 15 is 0 Å². The van der Waals surface area contributed by atoms with Crippen molar-refractivity contribution in [1.82, 2.24) is 14.6 Å². The van der Waals surface area contributed by atoms with Crippen molar-refractivity contribution < 1.29 is 13.9 Å². The van der Waals surface area contributed by atoms with Gasteiger partial charge in [0, 0.05) is 29.8 Å². The molecule has 2 aromatic heterocycles. The Morgan fingerprint density at radius 3 is 2.66 bits per heavy atom. The molecule has 6 nitrogen and oxygen atoms in total. The lowest BCUT2D eigenvalue weighted by Gasteiger charge is -2.27. The summed E-state index contributed by atoms with van der Waals surface area (Å²) in [6, 6.07) is 13.0. The zero-order valence-corrected chi connectivity index (χ0v) is 21.3. The highest BCUT2D eigenvalue weighted by Gasteiger charge is 2.28. The highest BCUT2D eigenvalue weighted by Crippen LogP contribution is 2.37. The molecule has 0 spiro atoms. The average molecular weight is 497 g/mol. The highest BCUT2D eigenvalue weighted by atomic mass is 35.5.